The molecular weight excluding hydrogens is 285 g/mol. The minimum atomic E-state index is -0.951. The van der Waals surface area contributed by atoms with Gasteiger partial charge in [-0.3, -0.25) is 4.79 Å². The average Bonchev–Trinajstić information content (AvgIpc) is 3.30. The van der Waals surface area contributed by atoms with Crippen molar-refractivity contribution in [3.63, 3.8) is 0 Å². The molecule has 1 saturated heterocycles. The van der Waals surface area contributed by atoms with Crippen LogP contribution in [-0.2, 0) is 4.79 Å². The first-order valence-corrected chi connectivity index (χ1v) is 7.90. The first kappa shape index (κ1) is 15.2. The number of piperidine rings is 1. The molecule has 0 spiro atoms. The molecule has 0 bridgehead atoms. The molecule has 120 valence electrons. The lowest BCUT2D eigenvalue weighted by atomic mass is 9.92. The van der Waals surface area contributed by atoms with Crippen LogP contribution in [0.5, 0.6) is 0 Å². The molecule has 1 aliphatic carbocycles. The SMILES string of the molecule is O=C(CC1CC1)NCC1(O)CCCN(c2ccc(F)cn2)C1. The second-order valence-corrected chi connectivity index (χ2v) is 6.51. The molecule has 1 aromatic rings. The highest BCUT2D eigenvalue weighted by Crippen LogP contribution is 2.32. The van der Waals surface area contributed by atoms with Gasteiger partial charge in [-0.05, 0) is 43.7 Å². The lowest BCUT2D eigenvalue weighted by molar-refractivity contribution is -0.122. The van der Waals surface area contributed by atoms with E-state index in [1.54, 1.807) is 6.07 Å². The van der Waals surface area contributed by atoms with E-state index in [1.165, 1.54) is 12.3 Å². The zero-order chi connectivity index (χ0) is 15.6. The van der Waals surface area contributed by atoms with Gasteiger partial charge in [0.15, 0.2) is 0 Å². The van der Waals surface area contributed by atoms with Crippen LogP contribution in [0.3, 0.4) is 0 Å². The Hall–Kier alpha value is -1.69. The Morgan fingerprint density at radius 1 is 1.50 bits per heavy atom. The maximum Gasteiger partial charge on any atom is 0.220 e. The first-order chi connectivity index (χ1) is 10.5. The molecule has 2 fully saturated rings. The molecule has 2 heterocycles. The number of amides is 1. The fourth-order valence-electron chi connectivity index (χ4n) is 2.93. The molecule has 22 heavy (non-hydrogen) atoms. The molecule has 1 aromatic heterocycles. The van der Waals surface area contributed by atoms with Crippen molar-refractivity contribution in [2.24, 2.45) is 5.92 Å². The van der Waals surface area contributed by atoms with Gasteiger partial charge in [0.05, 0.1) is 11.8 Å². The van der Waals surface area contributed by atoms with Crippen molar-refractivity contribution in [1.82, 2.24) is 10.3 Å². The number of rotatable bonds is 5. The van der Waals surface area contributed by atoms with E-state index in [4.69, 9.17) is 0 Å². The van der Waals surface area contributed by atoms with Crippen molar-refractivity contribution in [3.8, 4) is 0 Å². The lowest BCUT2D eigenvalue weighted by Gasteiger charge is -2.39. The van der Waals surface area contributed by atoms with E-state index in [0.29, 0.717) is 31.1 Å². The van der Waals surface area contributed by atoms with E-state index >= 15 is 0 Å². The molecule has 0 radical (unpaired) electrons. The molecule has 1 saturated carbocycles. The number of carbonyl (C=O) groups is 1. The normalized spacial score (nSPS) is 25.1. The number of nitrogens with one attached hydrogen (secondary N) is 1. The van der Waals surface area contributed by atoms with Crippen molar-refractivity contribution in [1.29, 1.82) is 0 Å². The molecule has 1 aliphatic heterocycles. The van der Waals surface area contributed by atoms with Gasteiger partial charge in [0.2, 0.25) is 5.91 Å². The summed E-state index contributed by atoms with van der Waals surface area (Å²) in [6, 6.07) is 2.99. The summed E-state index contributed by atoms with van der Waals surface area (Å²) in [5, 5.41) is 13.5. The van der Waals surface area contributed by atoms with Crippen LogP contribution in [0.2, 0.25) is 0 Å². The number of pyridine rings is 1. The predicted molar refractivity (Wildman–Crippen MR) is 80.9 cm³/mol. The maximum atomic E-state index is 12.9. The number of carbonyl (C=O) groups excluding carboxylic acids is 1. The summed E-state index contributed by atoms with van der Waals surface area (Å²) < 4.78 is 12.9. The minimum absolute atomic E-state index is 0.0213. The smallest absolute Gasteiger partial charge is 0.220 e. The summed E-state index contributed by atoms with van der Waals surface area (Å²) in [7, 11) is 0. The molecule has 2 N–H and O–H groups in total. The summed E-state index contributed by atoms with van der Waals surface area (Å²) in [4.78, 5) is 17.8. The summed E-state index contributed by atoms with van der Waals surface area (Å²) >= 11 is 0. The third kappa shape index (κ3) is 3.94. The van der Waals surface area contributed by atoms with Crippen LogP contribution in [0, 0.1) is 11.7 Å². The van der Waals surface area contributed by atoms with Crippen LogP contribution in [0.25, 0.3) is 0 Å². The van der Waals surface area contributed by atoms with Gasteiger partial charge in [-0.15, -0.1) is 0 Å². The topological polar surface area (TPSA) is 65.5 Å². The molecule has 1 atom stereocenters. The lowest BCUT2D eigenvalue weighted by Crippen LogP contribution is -2.54. The van der Waals surface area contributed by atoms with Gasteiger partial charge in [-0.2, -0.15) is 0 Å². The van der Waals surface area contributed by atoms with Gasteiger partial charge in [-0.25, -0.2) is 9.37 Å². The number of β-amino-alcohol motifs (C(OH)–C–C–N with tert-alkyl or cyclic N) is 1. The largest absolute Gasteiger partial charge is 0.386 e. The van der Waals surface area contributed by atoms with Crippen LogP contribution in [0.1, 0.15) is 32.1 Å². The second-order valence-electron chi connectivity index (χ2n) is 6.51. The van der Waals surface area contributed by atoms with E-state index in [1.807, 2.05) is 4.90 Å². The molecular formula is C16H22FN3O2. The van der Waals surface area contributed by atoms with Gasteiger partial charge in [0.1, 0.15) is 11.6 Å². The summed E-state index contributed by atoms with van der Waals surface area (Å²) in [6.45, 7) is 1.43. The quantitative estimate of drug-likeness (QED) is 0.864. The molecule has 3 rings (SSSR count). The average molecular weight is 307 g/mol. The number of aliphatic hydroxyl groups is 1. The van der Waals surface area contributed by atoms with Crippen LogP contribution in [-0.4, -0.2) is 41.2 Å². The molecule has 6 heteroatoms. The van der Waals surface area contributed by atoms with E-state index in [9.17, 15) is 14.3 Å². The number of hydrogen-bond donors (Lipinski definition) is 2. The van der Waals surface area contributed by atoms with Crippen molar-refractivity contribution >= 4 is 11.7 Å². The summed E-state index contributed by atoms with van der Waals surface area (Å²) in [5.74, 6) is 0.848. The van der Waals surface area contributed by atoms with Crippen molar-refractivity contribution in [2.75, 3.05) is 24.5 Å². The van der Waals surface area contributed by atoms with E-state index in [0.717, 1.165) is 25.8 Å². The van der Waals surface area contributed by atoms with Crippen LogP contribution in [0.15, 0.2) is 18.3 Å². The van der Waals surface area contributed by atoms with E-state index < -0.39 is 5.60 Å². The highest BCUT2D eigenvalue weighted by molar-refractivity contribution is 5.76. The number of nitrogens with zero attached hydrogens (tertiary/aromatic N) is 2. The van der Waals surface area contributed by atoms with Gasteiger partial charge in [0.25, 0.3) is 0 Å². The minimum Gasteiger partial charge on any atom is -0.386 e. The second kappa shape index (κ2) is 6.20. The van der Waals surface area contributed by atoms with Gasteiger partial charge in [-0.1, -0.05) is 0 Å². The molecule has 5 nitrogen and oxygen atoms in total. The molecule has 0 aromatic carbocycles. The Morgan fingerprint density at radius 3 is 3.00 bits per heavy atom. The summed E-state index contributed by atoms with van der Waals surface area (Å²) in [6.07, 6.45) is 5.49. The Labute approximate surface area is 129 Å². The van der Waals surface area contributed by atoms with Gasteiger partial charge in [0, 0.05) is 26.1 Å². The Kier molecular flexibility index (Phi) is 4.29. The van der Waals surface area contributed by atoms with Crippen LogP contribution < -0.4 is 10.2 Å². The molecule has 1 amide bonds. The third-order valence-electron chi connectivity index (χ3n) is 4.38. The Balaban J connectivity index is 1.55. The monoisotopic (exact) mass is 307 g/mol. The Bertz CT molecular complexity index is 533. The van der Waals surface area contributed by atoms with Crippen molar-refractivity contribution in [2.45, 2.75) is 37.7 Å². The first-order valence-electron chi connectivity index (χ1n) is 7.90. The number of aromatic nitrogens is 1. The molecule has 1 unspecified atom stereocenters. The third-order valence-corrected chi connectivity index (χ3v) is 4.38. The summed E-state index contributed by atoms with van der Waals surface area (Å²) in [5.41, 5.74) is -0.951. The maximum absolute atomic E-state index is 12.9. The van der Waals surface area contributed by atoms with E-state index in [-0.39, 0.29) is 18.3 Å². The van der Waals surface area contributed by atoms with Crippen LogP contribution in [0.4, 0.5) is 10.2 Å². The highest BCUT2D eigenvalue weighted by Gasteiger charge is 2.34. The standard InChI is InChI=1S/C16H22FN3O2/c17-13-4-5-14(18-9-13)20-7-1-6-16(22,11-20)10-19-15(21)8-12-2-3-12/h4-5,9,12,22H,1-3,6-8,10-11H2,(H,19,21). The number of halogens is 1. The fraction of sp³-hybridized carbons (Fsp3) is 0.625. The zero-order valence-electron chi connectivity index (χ0n) is 12.6. The fourth-order valence-corrected chi connectivity index (χ4v) is 2.93. The van der Waals surface area contributed by atoms with Gasteiger partial charge < -0.3 is 15.3 Å². The van der Waals surface area contributed by atoms with Gasteiger partial charge >= 0.3 is 0 Å². The highest BCUT2D eigenvalue weighted by atomic mass is 19.1. The number of anilines is 1. The number of hydrogen-bond acceptors (Lipinski definition) is 4. The van der Waals surface area contributed by atoms with Crippen molar-refractivity contribution < 1.29 is 14.3 Å². The molecule has 2 aliphatic rings. The zero-order valence-corrected chi connectivity index (χ0v) is 12.6. The van der Waals surface area contributed by atoms with Crippen LogP contribution >= 0.6 is 0 Å². The van der Waals surface area contributed by atoms with Crippen molar-refractivity contribution in [3.05, 3.63) is 24.1 Å². The predicted octanol–water partition coefficient (Wildman–Crippen LogP) is 1.47. The van der Waals surface area contributed by atoms with E-state index in [2.05, 4.69) is 10.3 Å². The Morgan fingerprint density at radius 2 is 2.32 bits per heavy atom.